The molecule has 3 aromatic rings. The Bertz CT molecular complexity index is 933. The van der Waals surface area contributed by atoms with Crippen LogP contribution in [0.2, 0.25) is 0 Å². The summed E-state index contributed by atoms with van der Waals surface area (Å²) in [5.41, 5.74) is 8.70. The van der Waals surface area contributed by atoms with Crippen molar-refractivity contribution in [3.63, 3.8) is 0 Å². The molecule has 0 radical (unpaired) electrons. The molecule has 2 nitrogen and oxygen atoms in total. The third kappa shape index (κ3) is 2.77. The van der Waals surface area contributed by atoms with Gasteiger partial charge >= 0.3 is 0 Å². The van der Waals surface area contributed by atoms with E-state index >= 15 is 0 Å². The summed E-state index contributed by atoms with van der Waals surface area (Å²) in [5.74, 6) is 0. The topological polar surface area (TPSA) is 8.17 Å². The number of fused-ring (bicyclic) bond motifs is 3. The normalized spacial score (nSPS) is 20.5. The Balaban J connectivity index is 1.81. The van der Waals surface area contributed by atoms with Crippen molar-refractivity contribution in [2.45, 2.75) is 59.2 Å². The first-order chi connectivity index (χ1) is 12.5. The molecule has 0 saturated carbocycles. The van der Waals surface area contributed by atoms with Gasteiger partial charge in [-0.15, -0.1) is 0 Å². The van der Waals surface area contributed by atoms with Crippen LogP contribution in [0.5, 0.6) is 0 Å². The van der Waals surface area contributed by atoms with Gasteiger partial charge in [-0.2, -0.15) is 0 Å². The van der Waals surface area contributed by atoms with Crippen LogP contribution >= 0.6 is 0 Å². The minimum absolute atomic E-state index is 0.471. The smallest absolute Gasteiger partial charge is 0.0515 e. The van der Waals surface area contributed by atoms with E-state index in [4.69, 9.17) is 0 Å². The molecular formula is C24H30N2. The number of aromatic nitrogens is 1. The fraction of sp³-hybridized carbons (Fsp3) is 0.417. The van der Waals surface area contributed by atoms with E-state index < -0.39 is 0 Å². The Morgan fingerprint density at radius 1 is 1.00 bits per heavy atom. The van der Waals surface area contributed by atoms with Crippen molar-refractivity contribution in [1.29, 1.82) is 0 Å². The van der Waals surface area contributed by atoms with E-state index in [2.05, 4.69) is 86.7 Å². The molecule has 1 aliphatic rings. The molecule has 1 aromatic heterocycles. The predicted molar refractivity (Wildman–Crippen MR) is 111 cm³/mol. The van der Waals surface area contributed by atoms with Crippen molar-refractivity contribution in [3.05, 3.63) is 70.4 Å². The molecule has 2 atom stereocenters. The monoisotopic (exact) mass is 346 g/mol. The molecule has 0 N–H and O–H groups in total. The largest absolute Gasteiger partial charge is 0.344 e. The second-order valence-electron chi connectivity index (χ2n) is 8.11. The second kappa shape index (κ2) is 6.59. The Kier molecular flexibility index (Phi) is 4.40. The summed E-state index contributed by atoms with van der Waals surface area (Å²) < 4.78 is 2.62. The van der Waals surface area contributed by atoms with Crippen molar-refractivity contribution >= 4 is 10.9 Å². The number of rotatable bonds is 3. The molecule has 2 aromatic carbocycles. The summed E-state index contributed by atoms with van der Waals surface area (Å²) in [6.45, 7) is 10.2. The average Bonchev–Trinajstić information content (AvgIpc) is 2.94. The minimum atomic E-state index is 0.471. The molecule has 2 unspecified atom stereocenters. The van der Waals surface area contributed by atoms with Crippen molar-refractivity contribution < 1.29 is 0 Å². The Morgan fingerprint density at radius 2 is 1.73 bits per heavy atom. The molecule has 0 fully saturated rings. The van der Waals surface area contributed by atoms with Crippen LogP contribution in [0.25, 0.3) is 10.9 Å². The summed E-state index contributed by atoms with van der Waals surface area (Å²) >= 11 is 0. The standard InChI is InChI=1S/C24H30N2/c1-16-9-11-20(12-10-16)13-14-26-22-15-18(3)25(5)19(4)23(22)21-8-6-7-17(2)24(21)26/h6-12,18-19H,13-15H2,1-5H3. The molecule has 2 heterocycles. The molecule has 4 rings (SSSR count). The van der Waals surface area contributed by atoms with Crippen LogP contribution in [0, 0.1) is 13.8 Å². The van der Waals surface area contributed by atoms with Crippen LogP contribution < -0.4 is 0 Å². The highest BCUT2D eigenvalue weighted by Crippen LogP contribution is 2.40. The Labute approximate surface area is 157 Å². The second-order valence-corrected chi connectivity index (χ2v) is 8.11. The molecule has 1 aliphatic heterocycles. The number of benzene rings is 2. The van der Waals surface area contributed by atoms with Gasteiger partial charge in [0, 0.05) is 36.1 Å². The molecular weight excluding hydrogens is 316 g/mol. The van der Waals surface area contributed by atoms with Crippen LogP contribution in [0.3, 0.4) is 0 Å². The summed E-state index contributed by atoms with van der Waals surface area (Å²) in [7, 11) is 2.27. The van der Waals surface area contributed by atoms with Crippen molar-refractivity contribution in [3.8, 4) is 0 Å². The molecule has 136 valence electrons. The van der Waals surface area contributed by atoms with E-state index in [1.165, 1.54) is 27.6 Å². The fourth-order valence-electron chi connectivity index (χ4n) is 4.61. The highest BCUT2D eigenvalue weighted by atomic mass is 15.2. The van der Waals surface area contributed by atoms with Gasteiger partial charge in [0.25, 0.3) is 0 Å². The number of para-hydroxylation sites is 1. The summed E-state index contributed by atoms with van der Waals surface area (Å²) in [4.78, 5) is 2.52. The molecule has 2 heteroatoms. The maximum atomic E-state index is 2.62. The van der Waals surface area contributed by atoms with Crippen LogP contribution in [0.15, 0.2) is 42.5 Å². The molecule has 0 aliphatic carbocycles. The van der Waals surface area contributed by atoms with Gasteiger partial charge in [-0.1, -0.05) is 48.0 Å². The number of aryl methyl sites for hydroxylation is 4. The predicted octanol–water partition coefficient (Wildman–Crippen LogP) is 5.44. The number of hydrogen-bond donors (Lipinski definition) is 0. The summed E-state index contributed by atoms with van der Waals surface area (Å²) in [6.07, 6.45) is 2.22. The zero-order valence-corrected chi connectivity index (χ0v) is 16.7. The van der Waals surface area contributed by atoms with Gasteiger partial charge < -0.3 is 4.57 Å². The summed E-state index contributed by atoms with van der Waals surface area (Å²) in [5, 5.41) is 1.45. The van der Waals surface area contributed by atoms with Crippen LogP contribution in [0.4, 0.5) is 0 Å². The van der Waals surface area contributed by atoms with E-state index in [1.807, 2.05) is 0 Å². The maximum absolute atomic E-state index is 2.62. The van der Waals surface area contributed by atoms with Crippen LogP contribution in [0.1, 0.15) is 47.8 Å². The minimum Gasteiger partial charge on any atom is -0.344 e. The van der Waals surface area contributed by atoms with E-state index in [-0.39, 0.29) is 0 Å². The lowest BCUT2D eigenvalue weighted by molar-refractivity contribution is 0.177. The van der Waals surface area contributed by atoms with Crippen LogP contribution in [-0.4, -0.2) is 22.6 Å². The van der Waals surface area contributed by atoms with Crippen molar-refractivity contribution in [2.75, 3.05) is 7.05 Å². The van der Waals surface area contributed by atoms with Crippen molar-refractivity contribution in [2.24, 2.45) is 0 Å². The zero-order chi connectivity index (χ0) is 18.4. The molecule has 0 amide bonds. The molecule has 26 heavy (non-hydrogen) atoms. The highest BCUT2D eigenvalue weighted by molar-refractivity contribution is 5.89. The zero-order valence-electron chi connectivity index (χ0n) is 16.7. The summed E-state index contributed by atoms with van der Waals surface area (Å²) in [6, 6.07) is 16.9. The van der Waals surface area contributed by atoms with Gasteiger partial charge in [-0.25, -0.2) is 0 Å². The Hall–Kier alpha value is -2.06. The molecule has 0 bridgehead atoms. The fourth-order valence-corrected chi connectivity index (χ4v) is 4.61. The number of likely N-dealkylation sites (N-methyl/N-ethyl adjacent to an activating group) is 1. The van der Waals surface area contributed by atoms with Gasteiger partial charge in [0.2, 0.25) is 0 Å². The number of hydrogen-bond acceptors (Lipinski definition) is 1. The quantitative estimate of drug-likeness (QED) is 0.613. The van der Waals surface area contributed by atoms with Gasteiger partial charge in [0.1, 0.15) is 0 Å². The van der Waals surface area contributed by atoms with Crippen LogP contribution in [-0.2, 0) is 19.4 Å². The average molecular weight is 347 g/mol. The lowest BCUT2D eigenvalue weighted by atomic mass is 9.93. The Morgan fingerprint density at radius 3 is 2.46 bits per heavy atom. The lowest BCUT2D eigenvalue weighted by Crippen LogP contribution is -2.38. The lowest BCUT2D eigenvalue weighted by Gasteiger charge is -2.36. The molecule has 0 spiro atoms. The maximum Gasteiger partial charge on any atom is 0.0515 e. The van der Waals surface area contributed by atoms with Gasteiger partial charge in [-0.3, -0.25) is 4.90 Å². The highest BCUT2D eigenvalue weighted by Gasteiger charge is 2.31. The third-order valence-electron chi connectivity index (χ3n) is 6.39. The molecule has 0 saturated heterocycles. The van der Waals surface area contributed by atoms with E-state index in [1.54, 1.807) is 11.3 Å². The first kappa shape index (κ1) is 17.4. The first-order valence-corrected chi connectivity index (χ1v) is 9.85. The van der Waals surface area contributed by atoms with Gasteiger partial charge in [-0.05, 0) is 57.9 Å². The van der Waals surface area contributed by atoms with E-state index in [0.29, 0.717) is 12.1 Å². The van der Waals surface area contributed by atoms with Gasteiger partial charge in [0.05, 0.1) is 5.52 Å². The van der Waals surface area contributed by atoms with Crippen molar-refractivity contribution in [1.82, 2.24) is 9.47 Å². The van der Waals surface area contributed by atoms with E-state index in [9.17, 15) is 0 Å². The van der Waals surface area contributed by atoms with Gasteiger partial charge in [0.15, 0.2) is 0 Å². The first-order valence-electron chi connectivity index (χ1n) is 9.85. The van der Waals surface area contributed by atoms with E-state index in [0.717, 1.165) is 19.4 Å². The third-order valence-corrected chi connectivity index (χ3v) is 6.39. The number of nitrogens with zero attached hydrogens (tertiary/aromatic N) is 2. The SMILES string of the molecule is Cc1ccc(CCn2c3c(c4cccc(C)c42)C(C)N(C)C(C)C3)cc1.